The van der Waals surface area contributed by atoms with Crippen LogP contribution in [0.4, 0.5) is 4.79 Å². The van der Waals surface area contributed by atoms with E-state index in [1.807, 2.05) is 0 Å². The fourth-order valence-electron chi connectivity index (χ4n) is 0. The molecule has 0 rings (SSSR count). The Morgan fingerprint density at radius 1 is 1.60 bits per heavy atom. The van der Waals surface area contributed by atoms with E-state index in [0.29, 0.717) is 0 Å². The van der Waals surface area contributed by atoms with Gasteiger partial charge in [-0.3, -0.25) is 0 Å². The predicted octanol–water partition coefficient (Wildman–Crippen LogP) is -0.0459. The number of hydrogen-bond donors (Lipinski definition) is 2. The number of carboxylic acid groups (broad SMARTS) is 2. The van der Waals surface area contributed by atoms with Gasteiger partial charge in [-0.05, 0) is 0 Å². The van der Waals surface area contributed by atoms with Crippen LogP contribution >= 0.6 is 0 Å². The molecule has 0 saturated carbocycles. The van der Waals surface area contributed by atoms with Crippen molar-refractivity contribution < 1.29 is 16.4 Å². The molecular formula is CH3CaO3+3. The Hall–Kier alpha value is 0.530. The molecule has 0 atom stereocenters. The van der Waals surface area contributed by atoms with Crippen LogP contribution in [0.25, 0.3) is 0 Å². The van der Waals surface area contributed by atoms with Crippen LogP contribution in [0, 0.1) is 0 Å². The number of carbonyl (C=O) groups is 1. The summed E-state index contributed by atoms with van der Waals surface area (Å²) in [6.07, 6.45) is -1.83. The largest absolute Gasteiger partial charge is 2.00 e. The van der Waals surface area contributed by atoms with Crippen LogP contribution in [0.2, 0.25) is 0 Å². The number of hydrogen-bond acceptors (Lipinski definition) is 1. The summed E-state index contributed by atoms with van der Waals surface area (Å²) in [4.78, 5) is 8.56. The molecule has 5 heavy (non-hydrogen) atoms. The summed E-state index contributed by atoms with van der Waals surface area (Å²) in [5.41, 5.74) is 0. The number of rotatable bonds is 0. The third kappa shape index (κ3) is 103. The Labute approximate surface area is 60.1 Å². The smallest absolute Gasteiger partial charge is 0.450 e. The van der Waals surface area contributed by atoms with E-state index in [1.54, 1.807) is 0 Å². The third-order valence-corrected chi connectivity index (χ3v) is 0. The predicted molar refractivity (Wildman–Crippen MR) is 17.5 cm³/mol. The van der Waals surface area contributed by atoms with Crippen molar-refractivity contribution in [3.8, 4) is 0 Å². The van der Waals surface area contributed by atoms with Gasteiger partial charge in [0.1, 0.15) is 0 Å². The Kier molecular flexibility index (Phi) is 8.25. The average molecular weight is 103 g/mol. The fourth-order valence-corrected chi connectivity index (χ4v) is 0. The van der Waals surface area contributed by atoms with Gasteiger partial charge in [0.2, 0.25) is 0 Å². The molecule has 0 spiro atoms. The van der Waals surface area contributed by atoms with Gasteiger partial charge in [0.05, 0.1) is 0 Å². The first-order chi connectivity index (χ1) is 1.73. The van der Waals surface area contributed by atoms with E-state index in [0.717, 1.165) is 0 Å². The minimum Gasteiger partial charge on any atom is -0.450 e. The van der Waals surface area contributed by atoms with Crippen LogP contribution in [0.5, 0.6) is 0 Å². The molecule has 0 heterocycles. The second-order valence-electron chi connectivity index (χ2n) is 0.283. The molecule has 0 aliphatic carbocycles. The first-order valence-electron chi connectivity index (χ1n) is 0.651. The Balaban J connectivity index is -0.0000000450. The summed E-state index contributed by atoms with van der Waals surface area (Å²) in [7, 11) is 0. The molecule has 0 unspecified atom stereocenters. The minimum absolute atomic E-state index is 0. The minimum atomic E-state index is -1.83. The molecule has 0 radical (unpaired) electrons. The van der Waals surface area contributed by atoms with Crippen molar-refractivity contribution in [1.29, 1.82) is 0 Å². The van der Waals surface area contributed by atoms with Crippen LogP contribution in [-0.2, 0) is 0 Å². The van der Waals surface area contributed by atoms with Gasteiger partial charge in [-0.25, -0.2) is 4.79 Å². The van der Waals surface area contributed by atoms with Crippen molar-refractivity contribution in [3.63, 3.8) is 0 Å². The molecular weight excluding hydrogens is 100 g/mol. The van der Waals surface area contributed by atoms with E-state index < -0.39 is 6.16 Å². The topological polar surface area (TPSA) is 57.5 Å². The van der Waals surface area contributed by atoms with E-state index in [4.69, 9.17) is 15.0 Å². The Bertz CT molecular complexity index is 33.8. The SMILES string of the molecule is O=C(O)O.[Ca+2].[H+]. The molecule has 0 aliphatic heterocycles. The zero-order valence-electron chi connectivity index (χ0n) is 3.51. The van der Waals surface area contributed by atoms with E-state index in [1.165, 1.54) is 0 Å². The summed E-state index contributed by atoms with van der Waals surface area (Å²) in [6.45, 7) is 0. The second-order valence-corrected chi connectivity index (χ2v) is 0.283. The van der Waals surface area contributed by atoms with Gasteiger partial charge in [0.15, 0.2) is 0 Å². The molecule has 0 aliphatic rings. The zero-order chi connectivity index (χ0) is 3.58. The Morgan fingerprint density at radius 2 is 1.60 bits per heavy atom. The summed E-state index contributed by atoms with van der Waals surface area (Å²) < 4.78 is 0. The molecule has 4 heteroatoms. The molecule has 0 amide bonds. The maximum Gasteiger partial charge on any atom is 2.00 e. The average Bonchev–Trinajstić information content (AvgIpc) is 0.811. The van der Waals surface area contributed by atoms with Gasteiger partial charge >= 0.3 is 45.3 Å². The Morgan fingerprint density at radius 3 is 1.60 bits per heavy atom. The van der Waals surface area contributed by atoms with Gasteiger partial charge in [-0.1, -0.05) is 0 Å². The van der Waals surface area contributed by atoms with Gasteiger partial charge in [0, 0.05) is 0 Å². The van der Waals surface area contributed by atoms with E-state index in [-0.39, 0.29) is 39.2 Å². The molecule has 3 nitrogen and oxygen atoms in total. The molecule has 2 N–H and O–H groups in total. The normalized spacial score (nSPS) is 4.80. The first-order valence-corrected chi connectivity index (χ1v) is 0.651. The molecule has 0 bridgehead atoms. The van der Waals surface area contributed by atoms with E-state index in [2.05, 4.69) is 0 Å². The van der Waals surface area contributed by atoms with Gasteiger partial charge < -0.3 is 10.2 Å². The standard InChI is InChI=1S/CH2O3.Ca/c2-1(3)4;/h(H2,2,3,4);/q;+2/p+1. The molecule has 0 saturated heterocycles. The summed E-state index contributed by atoms with van der Waals surface area (Å²) in [6, 6.07) is 0. The molecule has 0 fully saturated rings. The monoisotopic (exact) mass is 103 g/mol. The van der Waals surface area contributed by atoms with E-state index in [9.17, 15) is 0 Å². The van der Waals surface area contributed by atoms with Crippen molar-refractivity contribution in [3.05, 3.63) is 0 Å². The second kappa shape index (κ2) is 4.53. The summed E-state index contributed by atoms with van der Waals surface area (Å²) in [5, 5.41) is 13.9. The van der Waals surface area contributed by atoms with Crippen molar-refractivity contribution in [2.75, 3.05) is 0 Å². The van der Waals surface area contributed by atoms with Gasteiger partial charge in [-0.15, -0.1) is 0 Å². The third-order valence-electron chi connectivity index (χ3n) is 0. The van der Waals surface area contributed by atoms with Crippen LogP contribution in [0.1, 0.15) is 1.43 Å². The van der Waals surface area contributed by atoms with E-state index >= 15 is 0 Å². The van der Waals surface area contributed by atoms with Crippen molar-refractivity contribution in [2.24, 2.45) is 0 Å². The first kappa shape index (κ1) is 9.11. The quantitative estimate of drug-likeness (QED) is 0.423. The maximum absolute atomic E-state index is 8.56. The summed E-state index contributed by atoms with van der Waals surface area (Å²) >= 11 is 0. The van der Waals surface area contributed by atoms with Crippen LogP contribution in [0.3, 0.4) is 0 Å². The molecule has 0 aromatic rings. The van der Waals surface area contributed by atoms with Crippen molar-refractivity contribution in [2.45, 2.75) is 0 Å². The van der Waals surface area contributed by atoms with Crippen LogP contribution in [0.15, 0.2) is 0 Å². The van der Waals surface area contributed by atoms with Crippen LogP contribution in [-0.4, -0.2) is 54.1 Å². The van der Waals surface area contributed by atoms with Crippen molar-refractivity contribution in [1.82, 2.24) is 0 Å². The van der Waals surface area contributed by atoms with Gasteiger partial charge in [0.25, 0.3) is 0 Å². The zero-order valence-corrected chi connectivity index (χ0v) is 4.72. The van der Waals surface area contributed by atoms with Crippen LogP contribution < -0.4 is 0 Å². The fraction of sp³-hybridized carbons (Fsp3) is 0. The molecule has 0 aromatic heterocycles. The summed E-state index contributed by atoms with van der Waals surface area (Å²) in [5.74, 6) is 0. The molecule has 0 aromatic carbocycles. The van der Waals surface area contributed by atoms with Crippen molar-refractivity contribution >= 4 is 43.9 Å². The molecule has 24 valence electrons. The maximum atomic E-state index is 8.56. The van der Waals surface area contributed by atoms with Gasteiger partial charge in [-0.2, -0.15) is 0 Å².